The van der Waals surface area contributed by atoms with Gasteiger partial charge in [-0.25, -0.2) is 8.42 Å². The van der Waals surface area contributed by atoms with Crippen LogP contribution in [0.3, 0.4) is 0 Å². The second-order valence-corrected chi connectivity index (χ2v) is 7.36. The maximum absolute atomic E-state index is 11.5. The summed E-state index contributed by atoms with van der Waals surface area (Å²) >= 11 is 0. The molecule has 0 radical (unpaired) electrons. The lowest BCUT2D eigenvalue weighted by molar-refractivity contribution is 0.388. The maximum atomic E-state index is 11.5. The van der Waals surface area contributed by atoms with E-state index in [0.29, 0.717) is 12.3 Å². The molecule has 1 aromatic heterocycles. The van der Waals surface area contributed by atoms with Gasteiger partial charge in [0.25, 0.3) is 0 Å². The molecule has 0 bridgehead atoms. The summed E-state index contributed by atoms with van der Waals surface area (Å²) in [6.45, 7) is 4.63. The summed E-state index contributed by atoms with van der Waals surface area (Å²) in [6, 6.07) is 3.66. The van der Waals surface area contributed by atoms with Gasteiger partial charge >= 0.3 is 0 Å². The van der Waals surface area contributed by atoms with Crippen molar-refractivity contribution in [2.45, 2.75) is 39.2 Å². The van der Waals surface area contributed by atoms with Crippen molar-refractivity contribution in [3.63, 3.8) is 0 Å². The Morgan fingerprint density at radius 1 is 1.29 bits per heavy atom. The van der Waals surface area contributed by atoms with Crippen molar-refractivity contribution in [1.29, 1.82) is 0 Å². The van der Waals surface area contributed by atoms with Crippen molar-refractivity contribution in [3.05, 3.63) is 17.8 Å². The van der Waals surface area contributed by atoms with E-state index in [2.05, 4.69) is 22.4 Å². The lowest BCUT2D eigenvalue weighted by Gasteiger charge is -2.17. The number of hydrogen-bond acceptors (Lipinski definition) is 6. The van der Waals surface area contributed by atoms with Gasteiger partial charge in [0.1, 0.15) is 9.84 Å². The van der Waals surface area contributed by atoms with E-state index in [4.69, 9.17) is 4.74 Å². The molecule has 0 aliphatic rings. The van der Waals surface area contributed by atoms with Crippen molar-refractivity contribution in [2.75, 3.05) is 25.2 Å². The van der Waals surface area contributed by atoms with Crippen LogP contribution in [0.15, 0.2) is 12.1 Å². The summed E-state index contributed by atoms with van der Waals surface area (Å²) < 4.78 is 28.1. The highest BCUT2D eigenvalue weighted by molar-refractivity contribution is 7.91. The quantitative estimate of drug-likeness (QED) is 0.708. The van der Waals surface area contributed by atoms with Gasteiger partial charge in [-0.3, -0.25) is 0 Å². The van der Waals surface area contributed by atoms with Crippen LogP contribution in [-0.4, -0.2) is 43.8 Å². The van der Waals surface area contributed by atoms with Gasteiger partial charge in [-0.05, 0) is 31.9 Å². The van der Waals surface area contributed by atoms with Crippen LogP contribution in [0.4, 0.5) is 0 Å². The molecule has 1 heterocycles. The zero-order valence-corrected chi connectivity index (χ0v) is 13.8. The summed E-state index contributed by atoms with van der Waals surface area (Å²) in [6.07, 6.45) is 2.35. The van der Waals surface area contributed by atoms with Gasteiger partial charge in [0, 0.05) is 11.8 Å². The molecule has 0 aromatic carbocycles. The third kappa shape index (κ3) is 6.39. The lowest BCUT2D eigenvalue weighted by Crippen LogP contribution is -2.24. The third-order valence-electron chi connectivity index (χ3n) is 3.26. The first-order valence-electron chi connectivity index (χ1n) is 7.33. The first kappa shape index (κ1) is 17.8. The Bertz CT molecular complexity index is 503. The van der Waals surface area contributed by atoms with Crippen LogP contribution >= 0.6 is 0 Å². The molecule has 1 unspecified atom stereocenters. The van der Waals surface area contributed by atoms with Crippen molar-refractivity contribution in [2.24, 2.45) is 0 Å². The number of rotatable bonds is 10. The Hall–Kier alpha value is -1.21. The smallest absolute Gasteiger partial charge is 0.233 e. The van der Waals surface area contributed by atoms with Crippen molar-refractivity contribution < 1.29 is 13.2 Å². The zero-order chi connectivity index (χ0) is 15.7. The van der Waals surface area contributed by atoms with Gasteiger partial charge in [-0.15, -0.1) is 5.10 Å². The van der Waals surface area contributed by atoms with Crippen molar-refractivity contribution in [3.8, 4) is 5.88 Å². The van der Waals surface area contributed by atoms with E-state index in [1.807, 2.05) is 6.07 Å². The summed E-state index contributed by atoms with van der Waals surface area (Å²) in [5, 5.41) is 11.5. The Kier molecular flexibility index (Phi) is 7.60. The van der Waals surface area contributed by atoms with E-state index in [1.165, 1.54) is 0 Å². The molecule has 0 saturated carbocycles. The third-order valence-corrected chi connectivity index (χ3v) is 5.05. The number of aromatic nitrogens is 2. The highest BCUT2D eigenvalue weighted by Crippen LogP contribution is 2.18. The molecule has 0 aliphatic carbocycles. The van der Waals surface area contributed by atoms with Crippen LogP contribution in [0.5, 0.6) is 5.88 Å². The second kappa shape index (κ2) is 8.94. The van der Waals surface area contributed by atoms with E-state index in [1.54, 1.807) is 20.1 Å². The molecule has 0 fully saturated rings. The van der Waals surface area contributed by atoms with Crippen LogP contribution in [0.25, 0.3) is 0 Å². The predicted octanol–water partition coefficient (Wildman–Crippen LogP) is 1.74. The number of methoxy groups -OCH3 is 1. The molecule has 21 heavy (non-hydrogen) atoms. The Morgan fingerprint density at radius 3 is 2.57 bits per heavy atom. The van der Waals surface area contributed by atoms with Gasteiger partial charge in [0.15, 0.2) is 0 Å². The summed E-state index contributed by atoms with van der Waals surface area (Å²) in [5.74, 6) is 0.890. The Morgan fingerprint density at radius 2 is 2.05 bits per heavy atom. The lowest BCUT2D eigenvalue weighted by atomic mass is 10.1. The number of nitrogens with one attached hydrogen (secondary N) is 1. The van der Waals surface area contributed by atoms with Crippen molar-refractivity contribution >= 4 is 9.84 Å². The van der Waals surface area contributed by atoms with E-state index in [0.717, 1.165) is 25.1 Å². The van der Waals surface area contributed by atoms with E-state index < -0.39 is 9.84 Å². The largest absolute Gasteiger partial charge is 0.480 e. The Balaban J connectivity index is 2.66. The normalized spacial score (nSPS) is 13.1. The second-order valence-electron chi connectivity index (χ2n) is 4.89. The molecule has 0 amide bonds. The number of ether oxygens (including phenoxy) is 1. The number of hydrogen-bond donors (Lipinski definition) is 1. The molecule has 120 valence electrons. The highest BCUT2D eigenvalue weighted by Gasteiger charge is 2.15. The van der Waals surface area contributed by atoms with Gasteiger partial charge in [-0.2, -0.15) is 5.10 Å². The SMILES string of the molecule is CCCNC(CCCS(=O)(=O)CC)c1ccc(OC)nn1. The molecule has 1 N–H and O–H groups in total. The summed E-state index contributed by atoms with van der Waals surface area (Å²) in [7, 11) is -1.36. The summed E-state index contributed by atoms with van der Waals surface area (Å²) in [5.41, 5.74) is 0.818. The first-order chi connectivity index (χ1) is 10.0. The highest BCUT2D eigenvalue weighted by atomic mass is 32.2. The zero-order valence-electron chi connectivity index (χ0n) is 13.0. The van der Waals surface area contributed by atoms with E-state index >= 15 is 0 Å². The number of nitrogens with zero attached hydrogens (tertiary/aromatic N) is 2. The fourth-order valence-corrected chi connectivity index (χ4v) is 2.85. The summed E-state index contributed by atoms with van der Waals surface area (Å²) in [4.78, 5) is 0. The molecule has 0 saturated heterocycles. The molecular formula is C14H25N3O3S. The van der Waals surface area contributed by atoms with Crippen LogP contribution in [0.1, 0.15) is 44.8 Å². The fraction of sp³-hybridized carbons (Fsp3) is 0.714. The molecule has 0 spiro atoms. The average Bonchev–Trinajstić information content (AvgIpc) is 2.50. The monoisotopic (exact) mass is 315 g/mol. The Labute approximate surface area is 127 Å². The molecule has 1 atom stereocenters. The maximum Gasteiger partial charge on any atom is 0.233 e. The molecule has 1 aromatic rings. The van der Waals surface area contributed by atoms with Crippen LogP contribution in [-0.2, 0) is 9.84 Å². The standard InChI is InChI=1S/C14H25N3O3S/c1-4-10-15-12(7-6-11-21(18,19)5-2)13-8-9-14(20-3)17-16-13/h8-9,12,15H,4-7,10-11H2,1-3H3. The van der Waals surface area contributed by atoms with Crippen LogP contribution < -0.4 is 10.1 Å². The van der Waals surface area contributed by atoms with E-state index in [-0.39, 0.29) is 17.5 Å². The minimum absolute atomic E-state index is 0.0235. The molecule has 1 rings (SSSR count). The van der Waals surface area contributed by atoms with E-state index in [9.17, 15) is 8.42 Å². The average molecular weight is 315 g/mol. The minimum Gasteiger partial charge on any atom is -0.480 e. The number of sulfone groups is 1. The molecule has 7 heteroatoms. The fourth-order valence-electron chi connectivity index (χ4n) is 1.95. The minimum atomic E-state index is -2.91. The molecule has 0 aliphatic heterocycles. The topological polar surface area (TPSA) is 81.2 Å². The predicted molar refractivity (Wildman–Crippen MR) is 83.2 cm³/mol. The van der Waals surface area contributed by atoms with Gasteiger partial charge in [0.05, 0.1) is 24.6 Å². The van der Waals surface area contributed by atoms with Crippen LogP contribution in [0, 0.1) is 0 Å². The van der Waals surface area contributed by atoms with Crippen LogP contribution in [0.2, 0.25) is 0 Å². The van der Waals surface area contributed by atoms with Gasteiger partial charge < -0.3 is 10.1 Å². The molecule has 6 nitrogen and oxygen atoms in total. The first-order valence-corrected chi connectivity index (χ1v) is 9.16. The van der Waals surface area contributed by atoms with Gasteiger partial charge in [0.2, 0.25) is 5.88 Å². The van der Waals surface area contributed by atoms with Gasteiger partial charge in [-0.1, -0.05) is 13.8 Å². The molecular weight excluding hydrogens is 290 g/mol. The van der Waals surface area contributed by atoms with Crippen molar-refractivity contribution in [1.82, 2.24) is 15.5 Å².